The van der Waals surface area contributed by atoms with Crippen LogP contribution in [0.1, 0.15) is 24.2 Å². The van der Waals surface area contributed by atoms with E-state index >= 15 is 0 Å². The van der Waals surface area contributed by atoms with Gasteiger partial charge in [-0.2, -0.15) is 0 Å². The number of hydrogen-bond donors (Lipinski definition) is 0. The van der Waals surface area contributed by atoms with Crippen molar-refractivity contribution in [3.05, 3.63) is 58.4 Å². The van der Waals surface area contributed by atoms with Gasteiger partial charge >= 0.3 is 5.63 Å². The van der Waals surface area contributed by atoms with Crippen LogP contribution in [-0.4, -0.2) is 56.2 Å². The highest BCUT2D eigenvalue weighted by atomic mass is 35.5. The Morgan fingerprint density at radius 3 is 2.40 bits per heavy atom. The topological polar surface area (TPSA) is 85.1 Å². The minimum absolute atomic E-state index is 0. The molecule has 0 spiro atoms. The van der Waals surface area contributed by atoms with Crippen LogP contribution in [0.4, 0.5) is 5.13 Å². The molecule has 0 unspecified atom stereocenters. The lowest BCUT2D eigenvalue weighted by Crippen LogP contribution is -2.40. The zero-order valence-corrected chi connectivity index (χ0v) is 21.7. The molecule has 0 radical (unpaired) electrons. The molecule has 0 N–H and O–H groups in total. The Hall–Kier alpha value is -3.14. The summed E-state index contributed by atoms with van der Waals surface area (Å²) in [6, 6.07) is 12.3. The van der Waals surface area contributed by atoms with E-state index in [1.54, 1.807) is 43.4 Å². The molecule has 0 atom stereocenters. The SMILES string of the molecule is CCN(CC)CCN(C(=O)c1cc2ccccc2oc1=O)c1nc2c(OC)ccc(OC)c2s1.Cl. The van der Waals surface area contributed by atoms with Crippen LogP contribution in [0.3, 0.4) is 0 Å². The monoisotopic (exact) mass is 517 g/mol. The van der Waals surface area contributed by atoms with Gasteiger partial charge in [-0.3, -0.25) is 9.69 Å². The molecule has 35 heavy (non-hydrogen) atoms. The molecule has 2 aromatic heterocycles. The summed E-state index contributed by atoms with van der Waals surface area (Å²) < 4.78 is 17.2. The summed E-state index contributed by atoms with van der Waals surface area (Å²) >= 11 is 1.32. The van der Waals surface area contributed by atoms with Crippen LogP contribution in [0.15, 0.2) is 51.7 Å². The van der Waals surface area contributed by atoms with E-state index in [1.165, 1.54) is 11.3 Å². The van der Waals surface area contributed by atoms with E-state index in [9.17, 15) is 9.59 Å². The highest BCUT2D eigenvalue weighted by Crippen LogP contribution is 2.40. The summed E-state index contributed by atoms with van der Waals surface area (Å²) in [6.45, 7) is 6.82. The first-order valence-corrected chi connectivity index (χ1v) is 11.9. The van der Waals surface area contributed by atoms with Crippen molar-refractivity contribution in [3.8, 4) is 11.5 Å². The largest absolute Gasteiger partial charge is 0.495 e. The zero-order chi connectivity index (χ0) is 24.2. The Labute approximate surface area is 213 Å². The number of hydrogen-bond acceptors (Lipinski definition) is 8. The predicted octanol–water partition coefficient (Wildman–Crippen LogP) is 4.83. The van der Waals surface area contributed by atoms with Crippen molar-refractivity contribution in [1.29, 1.82) is 0 Å². The maximum atomic E-state index is 13.7. The summed E-state index contributed by atoms with van der Waals surface area (Å²) in [6.07, 6.45) is 0. The van der Waals surface area contributed by atoms with Gasteiger partial charge in [0, 0.05) is 18.5 Å². The molecule has 0 bridgehead atoms. The average molecular weight is 518 g/mol. The van der Waals surface area contributed by atoms with Gasteiger partial charge < -0.3 is 18.8 Å². The first kappa shape index (κ1) is 26.5. The summed E-state index contributed by atoms with van der Waals surface area (Å²) in [5.74, 6) is 0.768. The van der Waals surface area contributed by atoms with Gasteiger partial charge in [-0.05, 0) is 37.4 Å². The molecule has 0 saturated heterocycles. The quantitative estimate of drug-likeness (QED) is 0.294. The Morgan fingerprint density at radius 1 is 1.03 bits per heavy atom. The molecule has 0 aliphatic heterocycles. The van der Waals surface area contributed by atoms with Crippen molar-refractivity contribution in [2.75, 3.05) is 45.3 Å². The van der Waals surface area contributed by atoms with Gasteiger partial charge in [0.1, 0.15) is 32.9 Å². The molecule has 4 rings (SSSR count). The number of benzene rings is 2. The minimum Gasteiger partial charge on any atom is -0.495 e. The Kier molecular flexibility index (Phi) is 8.71. The lowest BCUT2D eigenvalue weighted by atomic mass is 10.1. The van der Waals surface area contributed by atoms with Gasteiger partial charge in [-0.1, -0.05) is 43.4 Å². The third kappa shape index (κ3) is 5.27. The molecule has 10 heteroatoms. The maximum Gasteiger partial charge on any atom is 0.349 e. The number of carbonyl (C=O) groups is 1. The molecule has 0 aliphatic carbocycles. The van der Waals surface area contributed by atoms with E-state index in [4.69, 9.17) is 18.9 Å². The Balaban J connectivity index is 0.00000342. The minimum atomic E-state index is -0.673. The van der Waals surface area contributed by atoms with Gasteiger partial charge in [-0.15, -0.1) is 12.4 Å². The van der Waals surface area contributed by atoms with Gasteiger partial charge in [0.25, 0.3) is 5.91 Å². The Morgan fingerprint density at radius 2 is 1.71 bits per heavy atom. The molecule has 1 amide bonds. The standard InChI is InChI=1S/C25H27N3O5S.ClH/c1-5-27(6-2)13-14-28(23(29)17-15-16-9-7-8-10-18(16)33-24(17)30)25-26-21-19(31-3)11-12-20(32-4)22(21)34-25;/h7-12,15H,5-6,13-14H2,1-4H3;1H. The number of rotatable bonds is 9. The van der Waals surface area contributed by atoms with Crippen molar-refractivity contribution >= 4 is 56.0 Å². The van der Waals surface area contributed by atoms with Gasteiger partial charge in [0.15, 0.2) is 5.13 Å². The summed E-state index contributed by atoms with van der Waals surface area (Å²) in [5.41, 5.74) is 0.338. The fraction of sp³-hybridized carbons (Fsp3) is 0.320. The molecule has 0 fully saturated rings. The number of ether oxygens (including phenoxy) is 2. The second-order valence-electron chi connectivity index (χ2n) is 7.61. The lowest BCUT2D eigenvalue weighted by Gasteiger charge is -2.24. The normalized spacial score (nSPS) is 11.0. The number of likely N-dealkylation sites (N-methyl/N-ethyl adjacent to an activating group) is 1. The highest BCUT2D eigenvalue weighted by molar-refractivity contribution is 7.22. The maximum absolute atomic E-state index is 13.7. The van der Waals surface area contributed by atoms with Crippen molar-refractivity contribution in [2.24, 2.45) is 0 Å². The summed E-state index contributed by atoms with van der Waals surface area (Å²) in [7, 11) is 3.16. The van der Waals surface area contributed by atoms with Crippen molar-refractivity contribution < 1.29 is 18.7 Å². The highest BCUT2D eigenvalue weighted by Gasteiger charge is 2.26. The van der Waals surface area contributed by atoms with Crippen LogP contribution in [0.2, 0.25) is 0 Å². The van der Waals surface area contributed by atoms with E-state index in [2.05, 4.69) is 18.7 Å². The third-order valence-corrected chi connectivity index (χ3v) is 6.87. The predicted molar refractivity (Wildman–Crippen MR) is 142 cm³/mol. The molecule has 0 saturated carbocycles. The molecule has 0 aliphatic rings. The molecule has 8 nitrogen and oxygen atoms in total. The number of amides is 1. The van der Waals surface area contributed by atoms with E-state index in [0.717, 1.165) is 17.8 Å². The van der Waals surface area contributed by atoms with Crippen LogP contribution < -0.4 is 20.0 Å². The molecular weight excluding hydrogens is 490 g/mol. The number of aromatic nitrogens is 1. The second-order valence-corrected chi connectivity index (χ2v) is 8.59. The van der Waals surface area contributed by atoms with Crippen LogP contribution in [0, 0.1) is 0 Å². The molecule has 2 aromatic carbocycles. The first-order valence-electron chi connectivity index (χ1n) is 11.1. The van der Waals surface area contributed by atoms with Crippen molar-refractivity contribution in [1.82, 2.24) is 9.88 Å². The molecule has 186 valence electrons. The molecule has 4 aromatic rings. The third-order valence-electron chi connectivity index (χ3n) is 5.78. The number of anilines is 1. The number of methoxy groups -OCH3 is 2. The second kappa shape index (κ2) is 11.5. The van der Waals surface area contributed by atoms with E-state index in [0.29, 0.717) is 46.2 Å². The zero-order valence-electron chi connectivity index (χ0n) is 20.1. The van der Waals surface area contributed by atoms with Gasteiger partial charge in [0.05, 0.1) is 14.2 Å². The van der Waals surface area contributed by atoms with Crippen molar-refractivity contribution in [3.63, 3.8) is 0 Å². The molecule has 2 heterocycles. The summed E-state index contributed by atoms with van der Waals surface area (Å²) in [4.78, 5) is 35.0. The number of thiazole rings is 1. The van der Waals surface area contributed by atoms with E-state index < -0.39 is 11.5 Å². The number of nitrogens with zero attached hydrogens (tertiary/aromatic N) is 3. The van der Waals surface area contributed by atoms with Gasteiger partial charge in [0.2, 0.25) is 0 Å². The smallest absolute Gasteiger partial charge is 0.349 e. The number of halogens is 1. The van der Waals surface area contributed by atoms with Crippen molar-refractivity contribution in [2.45, 2.75) is 13.8 Å². The van der Waals surface area contributed by atoms with E-state index in [1.807, 2.05) is 18.2 Å². The van der Waals surface area contributed by atoms with Crippen LogP contribution in [0.25, 0.3) is 21.2 Å². The van der Waals surface area contributed by atoms with Crippen LogP contribution in [-0.2, 0) is 0 Å². The lowest BCUT2D eigenvalue weighted by molar-refractivity contribution is 0.0980. The van der Waals surface area contributed by atoms with Crippen LogP contribution >= 0.6 is 23.7 Å². The first-order chi connectivity index (χ1) is 16.5. The Bertz CT molecular complexity index is 1340. The van der Waals surface area contributed by atoms with E-state index in [-0.39, 0.29) is 18.0 Å². The average Bonchev–Trinajstić information content (AvgIpc) is 3.30. The fourth-order valence-electron chi connectivity index (χ4n) is 3.81. The molecular formula is C25H28ClN3O5S. The number of fused-ring (bicyclic) bond motifs is 2. The number of para-hydroxylation sites is 1. The van der Waals surface area contributed by atoms with Crippen LogP contribution in [0.5, 0.6) is 11.5 Å². The van der Waals surface area contributed by atoms with Gasteiger partial charge in [-0.25, -0.2) is 9.78 Å². The summed E-state index contributed by atoms with van der Waals surface area (Å²) in [5, 5.41) is 1.14. The fourth-order valence-corrected chi connectivity index (χ4v) is 4.91. The number of carbonyl (C=O) groups excluding carboxylic acids is 1.